The maximum atomic E-state index is 12.6. The predicted octanol–water partition coefficient (Wildman–Crippen LogP) is 2.50. The fraction of sp³-hybridized carbons (Fsp3) is 0.524. The van der Waals surface area contributed by atoms with E-state index in [1.807, 2.05) is 18.7 Å². The van der Waals surface area contributed by atoms with E-state index in [0.29, 0.717) is 12.8 Å². The number of carbonyl (C=O) groups excluding carboxylic acids is 1. The average Bonchev–Trinajstić information content (AvgIpc) is 3.26. The van der Waals surface area contributed by atoms with Gasteiger partial charge in [-0.15, -0.1) is 0 Å². The van der Waals surface area contributed by atoms with Crippen LogP contribution in [0.3, 0.4) is 0 Å². The Hall–Kier alpha value is -2.34. The number of benzene rings is 1. The summed E-state index contributed by atoms with van der Waals surface area (Å²) in [4.78, 5) is 17.0. The molecule has 0 unspecified atom stereocenters. The predicted molar refractivity (Wildman–Crippen MR) is 102 cm³/mol. The van der Waals surface area contributed by atoms with Crippen molar-refractivity contribution in [3.8, 4) is 5.75 Å². The number of hydrogen-bond acceptors (Lipinski definition) is 5. The molecule has 2 aliphatic rings. The highest BCUT2D eigenvalue weighted by Gasteiger charge is 2.22. The molecule has 6 heteroatoms. The first-order chi connectivity index (χ1) is 13.1. The van der Waals surface area contributed by atoms with E-state index in [4.69, 9.17) is 9.26 Å². The Morgan fingerprint density at radius 3 is 2.74 bits per heavy atom. The molecule has 0 spiro atoms. The molecule has 0 atom stereocenters. The topological polar surface area (TPSA) is 58.8 Å². The van der Waals surface area contributed by atoms with Gasteiger partial charge in [-0.05, 0) is 37.5 Å². The van der Waals surface area contributed by atoms with Gasteiger partial charge in [0.15, 0.2) is 0 Å². The Balaban J connectivity index is 1.25. The maximum absolute atomic E-state index is 12.6. The molecule has 2 aliphatic heterocycles. The Morgan fingerprint density at radius 2 is 2.00 bits per heavy atom. The number of hydrogen-bond donors (Lipinski definition) is 0. The minimum absolute atomic E-state index is 0.226. The first-order valence-electron chi connectivity index (χ1n) is 9.76. The quantitative estimate of drug-likeness (QED) is 0.810. The average molecular weight is 369 g/mol. The van der Waals surface area contributed by atoms with Crippen LogP contribution in [0.4, 0.5) is 0 Å². The molecular weight excluding hydrogens is 342 g/mol. The molecule has 0 N–H and O–H groups in total. The zero-order chi connectivity index (χ0) is 18.8. The van der Waals surface area contributed by atoms with E-state index in [2.05, 4.69) is 28.3 Å². The Kier molecular flexibility index (Phi) is 5.16. The van der Waals surface area contributed by atoms with Crippen LogP contribution in [0.1, 0.15) is 34.6 Å². The van der Waals surface area contributed by atoms with Gasteiger partial charge in [-0.2, -0.15) is 0 Å². The summed E-state index contributed by atoms with van der Waals surface area (Å²) >= 11 is 0. The van der Waals surface area contributed by atoms with Gasteiger partial charge in [0.2, 0.25) is 5.91 Å². The molecule has 144 valence electrons. The number of carbonyl (C=O) groups is 1. The molecule has 4 rings (SSSR count). The lowest BCUT2D eigenvalue weighted by Gasteiger charge is -2.35. The fourth-order valence-electron chi connectivity index (χ4n) is 4.00. The molecule has 0 radical (unpaired) electrons. The van der Waals surface area contributed by atoms with Crippen LogP contribution in [0.25, 0.3) is 0 Å². The summed E-state index contributed by atoms with van der Waals surface area (Å²) in [5, 5.41) is 3.96. The van der Waals surface area contributed by atoms with Crippen molar-refractivity contribution >= 4 is 5.91 Å². The zero-order valence-electron chi connectivity index (χ0n) is 16.2. The lowest BCUT2D eigenvalue weighted by Crippen LogP contribution is -2.48. The van der Waals surface area contributed by atoms with Crippen LogP contribution in [0.5, 0.6) is 5.75 Å². The summed E-state index contributed by atoms with van der Waals surface area (Å²) in [6, 6.07) is 6.51. The zero-order valence-corrected chi connectivity index (χ0v) is 16.2. The van der Waals surface area contributed by atoms with Crippen molar-refractivity contribution in [2.75, 3.05) is 32.8 Å². The highest BCUT2D eigenvalue weighted by atomic mass is 16.5. The van der Waals surface area contributed by atoms with Gasteiger partial charge in [0.05, 0.1) is 12.3 Å². The van der Waals surface area contributed by atoms with Gasteiger partial charge in [-0.25, -0.2) is 0 Å². The van der Waals surface area contributed by atoms with Crippen molar-refractivity contribution in [2.45, 2.75) is 39.7 Å². The van der Waals surface area contributed by atoms with Crippen LogP contribution in [0.15, 0.2) is 22.7 Å². The third kappa shape index (κ3) is 4.00. The van der Waals surface area contributed by atoms with Gasteiger partial charge in [0.1, 0.15) is 11.5 Å². The highest BCUT2D eigenvalue weighted by molar-refractivity contribution is 5.76. The fourth-order valence-corrected chi connectivity index (χ4v) is 4.00. The molecule has 6 nitrogen and oxygen atoms in total. The van der Waals surface area contributed by atoms with Crippen LogP contribution in [0.2, 0.25) is 0 Å². The SMILES string of the molecule is Cc1noc(C)c1CCC(=O)N1CCN(Cc2ccc3c(c2)CCO3)CC1. The van der Waals surface area contributed by atoms with E-state index in [1.54, 1.807) is 0 Å². The van der Waals surface area contributed by atoms with E-state index < -0.39 is 0 Å². The molecule has 1 saturated heterocycles. The third-order valence-corrected chi connectivity index (χ3v) is 5.66. The monoisotopic (exact) mass is 369 g/mol. The van der Waals surface area contributed by atoms with Crippen molar-refractivity contribution in [3.63, 3.8) is 0 Å². The van der Waals surface area contributed by atoms with Gasteiger partial charge < -0.3 is 14.2 Å². The standard InChI is InChI=1S/C21H27N3O3/c1-15-19(16(2)27-22-15)4-6-21(25)24-10-8-23(9-11-24)14-17-3-5-20-18(13-17)7-12-26-20/h3,5,13H,4,6-12,14H2,1-2H3. The van der Waals surface area contributed by atoms with Crippen LogP contribution < -0.4 is 4.74 Å². The Bertz CT molecular complexity index is 803. The second kappa shape index (κ2) is 7.72. The number of aryl methyl sites for hydroxylation is 2. The molecule has 1 aromatic heterocycles. The van der Waals surface area contributed by atoms with Crippen molar-refractivity contribution in [3.05, 3.63) is 46.3 Å². The summed E-state index contributed by atoms with van der Waals surface area (Å²) in [6.45, 7) is 9.02. The van der Waals surface area contributed by atoms with Crippen LogP contribution >= 0.6 is 0 Å². The summed E-state index contributed by atoms with van der Waals surface area (Å²) in [5.41, 5.74) is 4.62. The molecule has 0 aliphatic carbocycles. The molecule has 27 heavy (non-hydrogen) atoms. The summed E-state index contributed by atoms with van der Waals surface area (Å²) in [6.07, 6.45) is 2.24. The minimum atomic E-state index is 0.226. The van der Waals surface area contributed by atoms with E-state index in [9.17, 15) is 4.79 Å². The van der Waals surface area contributed by atoms with Gasteiger partial charge in [-0.1, -0.05) is 17.3 Å². The molecule has 0 bridgehead atoms. The van der Waals surface area contributed by atoms with Crippen molar-refractivity contribution < 1.29 is 14.1 Å². The van der Waals surface area contributed by atoms with Crippen LogP contribution in [0, 0.1) is 13.8 Å². The number of fused-ring (bicyclic) bond motifs is 1. The molecule has 2 aromatic rings. The van der Waals surface area contributed by atoms with E-state index in [0.717, 1.165) is 68.5 Å². The Morgan fingerprint density at radius 1 is 1.19 bits per heavy atom. The lowest BCUT2D eigenvalue weighted by molar-refractivity contribution is -0.133. The number of rotatable bonds is 5. The second-order valence-electron chi connectivity index (χ2n) is 7.50. The molecule has 1 fully saturated rings. The van der Waals surface area contributed by atoms with Crippen molar-refractivity contribution in [2.24, 2.45) is 0 Å². The van der Waals surface area contributed by atoms with Gasteiger partial charge in [-0.3, -0.25) is 9.69 Å². The number of ether oxygens (including phenoxy) is 1. The van der Waals surface area contributed by atoms with Gasteiger partial charge >= 0.3 is 0 Å². The van der Waals surface area contributed by atoms with Crippen LogP contribution in [-0.4, -0.2) is 53.6 Å². The first kappa shape index (κ1) is 18.0. The van der Waals surface area contributed by atoms with Crippen molar-refractivity contribution in [1.29, 1.82) is 0 Å². The minimum Gasteiger partial charge on any atom is -0.493 e. The first-order valence-corrected chi connectivity index (χ1v) is 9.76. The smallest absolute Gasteiger partial charge is 0.222 e. The highest BCUT2D eigenvalue weighted by Crippen LogP contribution is 2.26. The van der Waals surface area contributed by atoms with Gasteiger partial charge in [0.25, 0.3) is 0 Å². The summed E-state index contributed by atoms with van der Waals surface area (Å²) in [5.74, 6) is 2.08. The number of nitrogens with zero attached hydrogens (tertiary/aromatic N) is 3. The molecule has 3 heterocycles. The maximum Gasteiger partial charge on any atom is 0.222 e. The third-order valence-electron chi connectivity index (χ3n) is 5.66. The number of amides is 1. The summed E-state index contributed by atoms with van der Waals surface area (Å²) < 4.78 is 10.8. The van der Waals surface area contributed by atoms with E-state index >= 15 is 0 Å². The van der Waals surface area contributed by atoms with Crippen molar-refractivity contribution in [1.82, 2.24) is 15.0 Å². The van der Waals surface area contributed by atoms with Crippen LogP contribution in [-0.2, 0) is 24.2 Å². The molecule has 1 aromatic carbocycles. The summed E-state index contributed by atoms with van der Waals surface area (Å²) in [7, 11) is 0. The van der Waals surface area contributed by atoms with E-state index in [-0.39, 0.29) is 5.91 Å². The lowest BCUT2D eigenvalue weighted by atomic mass is 10.1. The molecule has 0 saturated carbocycles. The number of aromatic nitrogens is 1. The second-order valence-corrected chi connectivity index (χ2v) is 7.50. The molecule has 1 amide bonds. The largest absolute Gasteiger partial charge is 0.493 e. The normalized spacial score (nSPS) is 17.0. The molecular formula is C21H27N3O3. The van der Waals surface area contributed by atoms with Gasteiger partial charge in [0, 0.05) is 51.1 Å². The Labute approximate surface area is 160 Å². The number of piperazine rings is 1. The van der Waals surface area contributed by atoms with E-state index in [1.165, 1.54) is 11.1 Å².